The average molecular weight is 269 g/mol. The molecule has 5 nitrogen and oxygen atoms in total. The molecular weight excluding hydrogens is 263 g/mol. The van der Waals surface area contributed by atoms with Crippen LogP contribution in [0.1, 0.15) is 0 Å². The first-order valence-corrected chi connectivity index (χ1v) is 5.93. The van der Waals surface area contributed by atoms with E-state index in [0.29, 0.717) is 0 Å². The Morgan fingerprint density at radius 1 is 1.47 bits per heavy atom. The van der Waals surface area contributed by atoms with Gasteiger partial charge < -0.3 is 5.73 Å². The normalized spacial score (nSPS) is 12.5. The maximum atomic E-state index is 11.3. The van der Waals surface area contributed by atoms with Crippen LogP contribution in [0.4, 0.5) is 11.4 Å². The second-order valence-corrected chi connectivity index (χ2v) is 4.77. The highest BCUT2D eigenvalue weighted by atomic mass is 35.5. The number of hydrogen-bond acceptors (Lipinski definition) is 4. The summed E-state index contributed by atoms with van der Waals surface area (Å²) in [4.78, 5) is 9.87. The standard InChI is InChI=1S/C7H6Cl2N2O3S/c1-15(14)7-4(9)2-3(8)5(10)6(7)11(12)13/h2H,10H2,1H3. The molecule has 1 atom stereocenters. The number of rotatable bonds is 2. The molecule has 0 spiro atoms. The fourth-order valence-electron chi connectivity index (χ4n) is 1.06. The second kappa shape index (κ2) is 4.34. The number of nitro benzene ring substituents is 1. The summed E-state index contributed by atoms with van der Waals surface area (Å²) in [6, 6.07) is 1.24. The molecule has 8 heteroatoms. The summed E-state index contributed by atoms with van der Waals surface area (Å²) in [5, 5.41) is 10.7. The zero-order valence-electron chi connectivity index (χ0n) is 7.49. The fraction of sp³-hybridized carbons (Fsp3) is 0.143. The molecule has 0 amide bonds. The van der Waals surface area contributed by atoms with Gasteiger partial charge in [-0.05, 0) is 6.07 Å². The number of nitrogens with two attached hydrogens (primary N) is 1. The van der Waals surface area contributed by atoms with Crippen LogP contribution in [-0.2, 0) is 10.8 Å². The van der Waals surface area contributed by atoms with Crippen molar-refractivity contribution in [2.75, 3.05) is 12.0 Å². The number of nitro groups is 1. The van der Waals surface area contributed by atoms with E-state index in [2.05, 4.69) is 0 Å². The largest absolute Gasteiger partial charge is 0.392 e. The summed E-state index contributed by atoms with van der Waals surface area (Å²) in [5.41, 5.74) is 4.71. The van der Waals surface area contributed by atoms with Crippen LogP contribution in [0.5, 0.6) is 0 Å². The predicted molar refractivity (Wildman–Crippen MR) is 59.9 cm³/mol. The van der Waals surface area contributed by atoms with E-state index in [4.69, 9.17) is 28.9 Å². The molecule has 1 rings (SSSR count). The van der Waals surface area contributed by atoms with E-state index >= 15 is 0 Å². The van der Waals surface area contributed by atoms with Crippen LogP contribution in [0.3, 0.4) is 0 Å². The predicted octanol–water partition coefficient (Wildman–Crippen LogP) is 2.22. The minimum Gasteiger partial charge on any atom is -0.392 e. The average Bonchev–Trinajstić information content (AvgIpc) is 2.09. The van der Waals surface area contributed by atoms with Crippen LogP contribution in [0.15, 0.2) is 11.0 Å². The van der Waals surface area contributed by atoms with Crippen molar-refractivity contribution in [1.29, 1.82) is 0 Å². The highest BCUT2D eigenvalue weighted by molar-refractivity contribution is 7.84. The van der Waals surface area contributed by atoms with Crippen LogP contribution < -0.4 is 5.73 Å². The van der Waals surface area contributed by atoms with E-state index in [1.807, 2.05) is 0 Å². The van der Waals surface area contributed by atoms with E-state index in [0.717, 1.165) is 0 Å². The van der Waals surface area contributed by atoms with E-state index in [1.54, 1.807) is 0 Å². The highest BCUT2D eigenvalue weighted by Gasteiger charge is 2.26. The first kappa shape index (κ1) is 12.2. The molecule has 0 aromatic heterocycles. The lowest BCUT2D eigenvalue weighted by molar-refractivity contribution is -0.386. The lowest BCUT2D eigenvalue weighted by atomic mass is 10.3. The molecular formula is C7H6Cl2N2O3S. The monoisotopic (exact) mass is 268 g/mol. The second-order valence-electron chi connectivity index (χ2n) is 2.64. The SMILES string of the molecule is CS(=O)c1c(Cl)cc(Cl)c(N)c1[N+](=O)[O-]. The molecule has 1 unspecified atom stereocenters. The number of nitrogens with zero attached hydrogens (tertiary/aromatic N) is 1. The molecule has 0 fully saturated rings. The molecule has 0 saturated carbocycles. The number of benzene rings is 1. The molecule has 0 bridgehead atoms. The van der Waals surface area contributed by atoms with Crippen molar-refractivity contribution < 1.29 is 9.13 Å². The van der Waals surface area contributed by atoms with E-state index in [-0.39, 0.29) is 20.6 Å². The lowest BCUT2D eigenvalue weighted by Crippen LogP contribution is -2.03. The first-order chi connectivity index (χ1) is 6.86. The summed E-state index contributed by atoms with van der Waals surface area (Å²) in [6.45, 7) is 0. The van der Waals surface area contributed by atoms with Gasteiger partial charge in [-0.25, -0.2) is 0 Å². The number of nitrogen functional groups attached to an aromatic ring is 1. The quantitative estimate of drug-likeness (QED) is 0.506. The Bertz CT molecular complexity index is 464. The van der Waals surface area contributed by atoms with Gasteiger partial charge in [-0.3, -0.25) is 14.3 Å². The Kier molecular flexibility index (Phi) is 3.54. The van der Waals surface area contributed by atoms with E-state index < -0.39 is 21.4 Å². The van der Waals surface area contributed by atoms with Gasteiger partial charge in [0.2, 0.25) is 0 Å². The summed E-state index contributed by atoms with van der Waals surface area (Å²) in [6.07, 6.45) is 1.28. The molecule has 82 valence electrons. The van der Waals surface area contributed by atoms with Crippen LogP contribution in [-0.4, -0.2) is 15.4 Å². The van der Waals surface area contributed by atoms with Gasteiger partial charge >= 0.3 is 5.69 Å². The van der Waals surface area contributed by atoms with Gasteiger partial charge in [-0.15, -0.1) is 0 Å². The summed E-state index contributed by atoms with van der Waals surface area (Å²) in [5.74, 6) is 0. The molecule has 1 aromatic carbocycles. The van der Waals surface area contributed by atoms with Gasteiger partial charge in [-0.1, -0.05) is 23.2 Å². The number of halogens is 2. The van der Waals surface area contributed by atoms with Crippen LogP contribution in [0.25, 0.3) is 0 Å². The minimum absolute atomic E-state index is 0.0262. The van der Waals surface area contributed by atoms with Crippen molar-refractivity contribution in [3.63, 3.8) is 0 Å². The van der Waals surface area contributed by atoms with Crippen molar-refractivity contribution in [2.45, 2.75) is 4.90 Å². The van der Waals surface area contributed by atoms with Gasteiger partial charge in [0.1, 0.15) is 10.6 Å². The zero-order valence-corrected chi connectivity index (χ0v) is 9.82. The van der Waals surface area contributed by atoms with Crippen molar-refractivity contribution in [3.05, 3.63) is 26.2 Å². The minimum atomic E-state index is -1.60. The molecule has 0 aliphatic carbocycles. The first-order valence-electron chi connectivity index (χ1n) is 3.61. The third-order valence-corrected chi connectivity index (χ3v) is 3.38. The molecule has 2 N–H and O–H groups in total. The molecule has 15 heavy (non-hydrogen) atoms. The van der Waals surface area contributed by atoms with Gasteiger partial charge in [0.15, 0.2) is 0 Å². The van der Waals surface area contributed by atoms with Crippen LogP contribution in [0.2, 0.25) is 10.0 Å². The van der Waals surface area contributed by atoms with Crippen molar-refractivity contribution >= 4 is 45.4 Å². The topological polar surface area (TPSA) is 86.2 Å². The van der Waals surface area contributed by atoms with Gasteiger partial charge in [0, 0.05) is 6.26 Å². The maximum absolute atomic E-state index is 11.3. The lowest BCUT2D eigenvalue weighted by Gasteiger charge is -2.06. The Labute approximate surface area is 97.8 Å². The molecule has 0 radical (unpaired) electrons. The van der Waals surface area contributed by atoms with Gasteiger partial charge in [-0.2, -0.15) is 0 Å². The van der Waals surface area contributed by atoms with Crippen LogP contribution >= 0.6 is 23.2 Å². The molecule has 0 saturated heterocycles. The third-order valence-electron chi connectivity index (χ3n) is 1.67. The van der Waals surface area contributed by atoms with Crippen molar-refractivity contribution in [1.82, 2.24) is 0 Å². The zero-order chi connectivity index (χ0) is 11.7. The van der Waals surface area contributed by atoms with Crippen molar-refractivity contribution in [2.24, 2.45) is 0 Å². The summed E-state index contributed by atoms with van der Waals surface area (Å²) >= 11 is 11.3. The molecule has 0 aliphatic rings. The number of hydrogen-bond donors (Lipinski definition) is 1. The Morgan fingerprint density at radius 2 is 2.00 bits per heavy atom. The summed E-state index contributed by atoms with van der Waals surface area (Å²) < 4.78 is 11.3. The maximum Gasteiger partial charge on any atom is 0.311 e. The van der Waals surface area contributed by atoms with Crippen molar-refractivity contribution in [3.8, 4) is 0 Å². The van der Waals surface area contributed by atoms with Crippen LogP contribution in [0, 0.1) is 10.1 Å². The summed E-state index contributed by atoms with van der Waals surface area (Å²) in [7, 11) is -1.60. The van der Waals surface area contributed by atoms with Gasteiger partial charge in [0.05, 0.1) is 25.8 Å². The Balaban J connectivity index is 3.69. The smallest absolute Gasteiger partial charge is 0.311 e. The Hall–Kier alpha value is -0.850. The number of anilines is 1. The van der Waals surface area contributed by atoms with Gasteiger partial charge in [0.25, 0.3) is 0 Å². The third kappa shape index (κ3) is 2.22. The molecule has 1 aromatic rings. The van der Waals surface area contributed by atoms with E-state index in [1.165, 1.54) is 12.3 Å². The Morgan fingerprint density at radius 3 is 2.40 bits per heavy atom. The van der Waals surface area contributed by atoms with E-state index in [9.17, 15) is 14.3 Å². The highest BCUT2D eigenvalue weighted by Crippen LogP contribution is 2.39. The molecule has 0 aliphatic heterocycles. The molecule has 0 heterocycles. The fourth-order valence-corrected chi connectivity index (χ4v) is 2.63.